The maximum absolute atomic E-state index is 12.1. The highest BCUT2D eigenvalue weighted by atomic mass is 32.1. The van der Waals surface area contributed by atoms with Crippen molar-refractivity contribution in [3.05, 3.63) is 51.2 Å². The first-order valence-corrected chi connectivity index (χ1v) is 7.13. The van der Waals surface area contributed by atoms with Gasteiger partial charge in [0.1, 0.15) is 0 Å². The second-order valence-corrected chi connectivity index (χ2v) is 6.08. The number of imide groups is 1. The summed E-state index contributed by atoms with van der Waals surface area (Å²) in [6.45, 7) is 1.93. The molecule has 1 aliphatic heterocycles. The Morgan fingerprint density at radius 2 is 1.81 bits per heavy atom. The number of carbonyl (C=O) groups is 3. The molecule has 0 unspecified atom stereocenters. The van der Waals surface area contributed by atoms with E-state index < -0.39 is 0 Å². The van der Waals surface area contributed by atoms with Crippen LogP contribution < -0.4 is 5.32 Å². The molecule has 0 bridgehead atoms. The number of amides is 3. The summed E-state index contributed by atoms with van der Waals surface area (Å²) in [5, 5.41) is 2.74. The monoisotopic (exact) mass is 300 g/mol. The second-order valence-electron chi connectivity index (χ2n) is 4.79. The fourth-order valence-electron chi connectivity index (χ4n) is 2.19. The van der Waals surface area contributed by atoms with Crippen LogP contribution in [0.4, 0.5) is 5.69 Å². The van der Waals surface area contributed by atoms with Gasteiger partial charge < -0.3 is 5.32 Å². The van der Waals surface area contributed by atoms with Crippen LogP contribution >= 0.6 is 11.3 Å². The molecule has 2 heterocycles. The van der Waals surface area contributed by atoms with Gasteiger partial charge in [0, 0.05) is 17.6 Å². The van der Waals surface area contributed by atoms with Crippen LogP contribution in [0.3, 0.4) is 0 Å². The van der Waals surface area contributed by atoms with Crippen molar-refractivity contribution in [2.24, 2.45) is 0 Å². The van der Waals surface area contributed by atoms with E-state index in [-0.39, 0.29) is 17.7 Å². The van der Waals surface area contributed by atoms with E-state index in [9.17, 15) is 14.4 Å². The first-order chi connectivity index (χ1) is 9.97. The Morgan fingerprint density at radius 3 is 2.48 bits per heavy atom. The minimum atomic E-state index is -0.349. The van der Waals surface area contributed by atoms with Crippen LogP contribution in [0.5, 0.6) is 0 Å². The Kier molecular flexibility index (Phi) is 3.10. The molecule has 2 aromatic rings. The van der Waals surface area contributed by atoms with E-state index in [1.165, 1.54) is 24.5 Å². The standard InChI is InChI=1S/C15H12N2O3S/c1-8-3-6-12(21-8)13(18)16-9-4-5-10-11(7-9)15(20)17(2)14(10)19/h3-7H,1-2H3,(H,16,18). The second kappa shape index (κ2) is 4.82. The average Bonchev–Trinajstić information content (AvgIpc) is 2.98. The van der Waals surface area contributed by atoms with Crippen molar-refractivity contribution < 1.29 is 14.4 Å². The smallest absolute Gasteiger partial charge is 0.265 e. The number of carbonyl (C=O) groups excluding carboxylic acids is 3. The molecular weight excluding hydrogens is 288 g/mol. The van der Waals surface area contributed by atoms with Gasteiger partial charge in [0.25, 0.3) is 17.7 Å². The number of nitrogens with zero attached hydrogens (tertiary/aromatic N) is 1. The number of rotatable bonds is 2. The Morgan fingerprint density at radius 1 is 1.10 bits per heavy atom. The Hall–Kier alpha value is -2.47. The van der Waals surface area contributed by atoms with Crippen molar-refractivity contribution in [3.8, 4) is 0 Å². The van der Waals surface area contributed by atoms with E-state index in [4.69, 9.17) is 0 Å². The van der Waals surface area contributed by atoms with Crippen molar-refractivity contribution in [2.45, 2.75) is 6.92 Å². The van der Waals surface area contributed by atoms with Crippen LogP contribution in [-0.2, 0) is 0 Å². The highest BCUT2D eigenvalue weighted by Gasteiger charge is 2.32. The van der Waals surface area contributed by atoms with Crippen molar-refractivity contribution in [1.82, 2.24) is 4.90 Å². The van der Waals surface area contributed by atoms with Gasteiger partial charge >= 0.3 is 0 Å². The van der Waals surface area contributed by atoms with Crippen LogP contribution in [0.1, 0.15) is 35.3 Å². The number of aryl methyl sites for hydroxylation is 1. The third-order valence-corrected chi connectivity index (χ3v) is 4.31. The van der Waals surface area contributed by atoms with E-state index in [1.54, 1.807) is 18.2 Å². The summed E-state index contributed by atoms with van der Waals surface area (Å²) in [4.78, 5) is 38.5. The Labute approximate surface area is 125 Å². The molecule has 0 spiro atoms. The van der Waals surface area contributed by atoms with Gasteiger partial charge in [-0.1, -0.05) is 0 Å². The number of hydrogen-bond donors (Lipinski definition) is 1. The van der Waals surface area contributed by atoms with Gasteiger partial charge in [0.05, 0.1) is 16.0 Å². The number of benzene rings is 1. The van der Waals surface area contributed by atoms with Crippen molar-refractivity contribution in [3.63, 3.8) is 0 Å². The van der Waals surface area contributed by atoms with Gasteiger partial charge in [-0.25, -0.2) is 0 Å². The maximum Gasteiger partial charge on any atom is 0.265 e. The van der Waals surface area contributed by atoms with Crippen LogP contribution in [-0.4, -0.2) is 29.7 Å². The lowest BCUT2D eigenvalue weighted by atomic mass is 10.1. The SMILES string of the molecule is Cc1ccc(C(=O)Nc2ccc3c(c2)C(=O)N(C)C3=O)s1. The van der Waals surface area contributed by atoms with Gasteiger partial charge in [-0.05, 0) is 37.3 Å². The summed E-state index contributed by atoms with van der Waals surface area (Å²) in [5.41, 5.74) is 1.19. The number of anilines is 1. The molecular formula is C15H12N2O3S. The molecule has 3 rings (SSSR count). The Bertz CT molecular complexity index is 779. The molecule has 3 amide bonds. The molecule has 106 valence electrons. The number of fused-ring (bicyclic) bond motifs is 1. The van der Waals surface area contributed by atoms with Gasteiger partial charge in [-0.15, -0.1) is 11.3 Å². The molecule has 0 saturated heterocycles. The van der Waals surface area contributed by atoms with Crippen LogP contribution in [0.15, 0.2) is 30.3 Å². The Balaban J connectivity index is 1.87. The van der Waals surface area contributed by atoms with E-state index in [0.29, 0.717) is 21.7 Å². The fraction of sp³-hybridized carbons (Fsp3) is 0.133. The number of nitrogens with one attached hydrogen (secondary N) is 1. The zero-order valence-electron chi connectivity index (χ0n) is 11.5. The molecule has 5 nitrogen and oxygen atoms in total. The van der Waals surface area contributed by atoms with Crippen molar-refractivity contribution in [2.75, 3.05) is 12.4 Å². The third-order valence-electron chi connectivity index (χ3n) is 3.31. The average molecular weight is 300 g/mol. The highest BCUT2D eigenvalue weighted by molar-refractivity contribution is 7.14. The summed E-state index contributed by atoms with van der Waals surface area (Å²) < 4.78 is 0. The summed E-state index contributed by atoms with van der Waals surface area (Å²) >= 11 is 1.40. The lowest BCUT2D eigenvalue weighted by Crippen LogP contribution is -2.24. The van der Waals surface area contributed by atoms with Gasteiger partial charge in [0.15, 0.2) is 0 Å². The number of thiophene rings is 1. The molecule has 0 aliphatic carbocycles. The van der Waals surface area contributed by atoms with Gasteiger partial charge in [0.2, 0.25) is 0 Å². The first kappa shape index (κ1) is 13.5. The van der Waals surface area contributed by atoms with Crippen molar-refractivity contribution >= 4 is 34.7 Å². The molecule has 21 heavy (non-hydrogen) atoms. The predicted octanol–water partition coefficient (Wildman–Crippen LogP) is 2.53. The third kappa shape index (κ3) is 2.23. The molecule has 0 radical (unpaired) electrons. The van der Waals surface area contributed by atoms with E-state index >= 15 is 0 Å². The van der Waals surface area contributed by atoms with Crippen molar-refractivity contribution in [1.29, 1.82) is 0 Å². The quantitative estimate of drug-likeness (QED) is 0.867. The highest BCUT2D eigenvalue weighted by Crippen LogP contribution is 2.25. The van der Waals surface area contributed by atoms with E-state index in [2.05, 4.69) is 5.32 Å². The molecule has 1 aromatic heterocycles. The summed E-state index contributed by atoms with van der Waals surface area (Å²) in [7, 11) is 1.44. The van der Waals surface area contributed by atoms with Gasteiger partial charge in [-0.2, -0.15) is 0 Å². The number of hydrogen-bond acceptors (Lipinski definition) is 4. The zero-order chi connectivity index (χ0) is 15.1. The molecule has 0 fully saturated rings. The molecule has 1 aromatic carbocycles. The van der Waals surface area contributed by atoms with Crippen LogP contribution in [0, 0.1) is 6.92 Å². The summed E-state index contributed by atoms with van der Waals surface area (Å²) in [6.07, 6.45) is 0. The predicted molar refractivity (Wildman–Crippen MR) is 79.9 cm³/mol. The minimum Gasteiger partial charge on any atom is -0.321 e. The lowest BCUT2D eigenvalue weighted by Gasteiger charge is -2.04. The van der Waals surface area contributed by atoms with Crippen LogP contribution in [0.25, 0.3) is 0 Å². The molecule has 0 atom stereocenters. The summed E-state index contributed by atoms with van der Waals surface area (Å²) in [5.74, 6) is -0.891. The van der Waals surface area contributed by atoms with E-state index in [1.807, 2.05) is 13.0 Å². The zero-order valence-corrected chi connectivity index (χ0v) is 12.3. The molecule has 1 N–H and O–H groups in total. The van der Waals surface area contributed by atoms with Crippen LogP contribution in [0.2, 0.25) is 0 Å². The lowest BCUT2D eigenvalue weighted by molar-refractivity contribution is 0.0692. The topological polar surface area (TPSA) is 66.5 Å². The molecule has 1 aliphatic rings. The molecule has 6 heteroatoms. The molecule has 0 saturated carbocycles. The largest absolute Gasteiger partial charge is 0.321 e. The normalized spacial score (nSPS) is 13.5. The van der Waals surface area contributed by atoms with E-state index in [0.717, 1.165) is 9.78 Å². The summed E-state index contributed by atoms with van der Waals surface area (Å²) in [6, 6.07) is 8.36. The minimum absolute atomic E-state index is 0.224. The maximum atomic E-state index is 12.1. The first-order valence-electron chi connectivity index (χ1n) is 6.31. The fourth-order valence-corrected chi connectivity index (χ4v) is 2.95. The van der Waals surface area contributed by atoms with Gasteiger partial charge in [-0.3, -0.25) is 19.3 Å².